The SMILES string of the molecule is CCCC(CC)CCC.CCCN(O)OC.COC(CO)CC(C)N(C)/C=C\C(=O)NC=O. The van der Waals surface area contributed by atoms with Crippen molar-refractivity contribution in [3.8, 4) is 0 Å². The van der Waals surface area contributed by atoms with Crippen molar-refractivity contribution in [3.63, 3.8) is 0 Å². The lowest BCUT2D eigenvalue weighted by molar-refractivity contribution is -0.325. The number of amides is 2. The molecule has 0 saturated carbocycles. The van der Waals surface area contributed by atoms with Crippen molar-refractivity contribution in [1.82, 2.24) is 15.4 Å². The summed E-state index contributed by atoms with van der Waals surface area (Å²) in [6, 6.07) is 0.104. The van der Waals surface area contributed by atoms with E-state index in [0.29, 0.717) is 19.4 Å². The minimum atomic E-state index is -0.468. The molecule has 0 radical (unpaired) electrons. The summed E-state index contributed by atoms with van der Waals surface area (Å²) in [6.45, 7) is 11.3. The van der Waals surface area contributed by atoms with Gasteiger partial charge in [0, 0.05) is 32.5 Å². The summed E-state index contributed by atoms with van der Waals surface area (Å²) in [6.07, 6.45) is 11.5. The number of hydrogen-bond acceptors (Lipinski definition) is 8. The highest BCUT2D eigenvalue weighted by atomic mass is 16.9. The predicted octanol–water partition coefficient (Wildman–Crippen LogP) is 3.75. The van der Waals surface area contributed by atoms with Crippen LogP contribution >= 0.6 is 0 Å². The molecule has 0 aliphatic carbocycles. The molecule has 3 N–H and O–H groups in total. The number of hydroxylamine groups is 2. The summed E-state index contributed by atoms with van der Waals surface area (Å²) < 4.78 is 5.06. The van der Waals surface area contributed by atoms with E-state index in [0.717, 1.165) is 17.6 Å². The number of carbonyl (C=O) groups excluding carboxylic acids is 2. The summed E-state index contributed by atoms with van der Waals surface area (Å²) in [4.78, 5) is 27.2. The number of nitrogens with one attached hydrogen (secondary N) is 1. The van der Waals surface area contributed by atoms with Crippen LogP contribution in [0.25, 0.3) is 0 Å². The molecule has 0 bridgehead atoms. The van der Waals surface area contributed by atoms with Gasteiger partial charge in [-0.3, -0.25) is 25.0 Å². The molecule has 0 fully saturated rings. The number of imide groups is 1. The van der Waals surface area contributed by atoms with Gasteiger partial charge in [0.1, 0.15) is 0 Å². The molecule has 0 aliphatic heterocycles. The van der Waals surface area contributed by atoms with E-state index in [1.807, 2.05) is 24.1 Å². The summed E-state index contributed by atoms with van der Waals surface area (Å²) in [5.74, 6) is 0.546. The Morgan fingerprint density at radius 2 is 1.67 bits per heavy atom. The number of nitrogens with zero attached hydrogens (tertiary/aromatic N) is 2. The maximum Gasteiger partial charge on any atom is 0.251 e. The van der Waals surface area contributed by atoms with Crippen LogP contribution in [0.5, 0.6) is 0 Å². The number of rotatable bonds is 16. The molecular weight excluding hydrogens is 426 g/mol. The highest BCUT2D eigenvalue weighted by molar-refractivity contribution is 5.94. The second kappa shape index (κ2) is 26.7. The molecule has 0 rings (SSSR count). The monoisotopic (exact) mass is 477 g/mol. The summed E-state index contributed by atoms with van der Waals surface area (Å²) >= 11 is 0. The largest absolute Gasteiger partial charge is 0.394 e. The molecule has 33 heavy (non-hydrogen) atoms. The lowest BCUT2D eigenvalue weighted by Crippen LogP contribution is -2.31. The van der Waals surface area contributed by atoms with Crippen LogP contribution in [-0.2, 0) is 19.2 Å². The lowest BCUT2D eigenvalue weighted by Gasteiger charge is -2.25. The van der Waals surface area contributed by atoms with Gasteiger partial charge in [-0.1, -0.05) is 65.0 Å². The Labute approximate surface area is 202 Å². The van der Waals surface area contributed by atoms with Crippen molar-refractivity contribution in [3.05, 3.63) is 12.3 Å². The van der Waals surface area contributed by atoms with Crippen LogP contribution in [0.1, 0.15) is 79.6 Å². The molecule has 0 saturated heterocycles. The van der Waals surface area contributed by atoms with Crippen LogP contribution in [-0.4, -0.2) is 79.3 Å². The Hall–Kier alpha value is -1.52. The Morgan fingerprint density at radius 1 is 1.09 bits per heavy atom. The molecule has 2 unspecified atom stereocenters. The van der Waals surface area contributed by atoms with Crippen LogP contribution in [0.2, 0.25) is 0 Å². The van der Waals surface area contributed by atoms with E-state index < -0.39 is 5.91 Å². The fourth-order valence-electron chi connectivity index (χ4n) is 2.88. The van der Waals surface area contributed by atoms with Crippen LogP contribution in [0.4, 0.5) is 0 Å². The average molecular weight is 478 g/mol. The molecule has 0 spiro atoms. The predicted molar refractivity (Wildman–Crippen MR) is 132 cm³/mol. The van der Waals surface area contributed by atoms with Crippen molar-refractivity contribution >= 4 is 12.3 Å². The zero-order valence-corrected chi connectivity index (χ0v) is 22.2. The fourth-order valence-corrected chi connectivity index (χ4v) is 2.88. The van der Waals surface area contributed by atoms with Gasteiger partial charge in [0.15, 0.2) is 0 Å². The first-order valence-electron chi connectivity index (χ1n) is 12.0. The van der Waals surface area contributed by atoms with Crippen LogP contribution < -0.4 is 5.32 Å². The molecule has 9 nitrogen and oxygen atoms in total. The second-order valence-corrected chi connectivity index (χ2v) is 7.84. The Bertz CT molecular complexity index is 455. The normalized spacial score (nSPS) is 12.5. The summed E-state index contributed by atoms with van der Waals surface area (Å²) in [5, 5.41) is 20.3. The maximum absolute atomic E-state index is 11.0. The Kier molecular flexibility index (Phi) is 29.2. The van der Waals surface area contributed by atoms with Gasteiger partial charge in [0.25, 0.3) is 5.91 Å². The summed E-state index contributed by atoms with van der Waals surface area (Å²) in [7, 11) is 4.77. The quantitative estimate of drug-likeness (QED) is 0.175. The lowest BCUT2D eigenvalue weighted by atomic mass is 9.96. The van der Waals surface area contributed by atoms with Crippen LogP contribution in [0.15, 0.2) is 12.3 Å². The van der Waals surface area contributed by atoms with Gasteiger partial charge in [-0.05, 0) is 25.7 Å². The van der Waals surface area contributed by atoms with E-state index in [1.165, 1.54) is 45.3 Å². The Balaban J connectivity index is -0.000000469. The van der Waals surface area contributed by atoms with Gasteiger partial charge >= 0.3 is 0 Å². The van der Waals surface area contributed by atoms with Gasteiger partial charge < -0.3 is 14.7 Å². The maximum atomic E-state index is 11.0. The zero-order chi connectivity index (χ0) is 26.1. The van der Waals surface area contributed by atoms with Crippen molar-refractivity contribution in [2.45, 2.75) is 91.7 Å². The van der Waals surface area contributed by atoms with Gasteiger partial charge in [0.05, 0.1) is 26.4 Å². The molecule has 0 aromatic heterocycles. The third-order valence-corrected chi connectivity index (χ3v) is 5.10. The molecule has 0 aliphatic rings. The number of aliphatic hydroxyl groups is 1. The molecule has 2 amide bonds. The number of ether oxygens (including phenoxy) is 1. The van der Waals surface area contributed by atoms with E-state index in [-0.39, 0.29) is 18.8 Å². The molecule has 0 heterocycles. The van der Waals surface area contributed by atoms with Crippen molar-refractivity contribution in [2.24, 2.45) is 5.92 Å². The smallest absolute Gasteiger partial charge is 0.251 e. The summed E-state index contributed by atoms with van der Waals surface area (Å²) in [5.41, 5.74) is 0. The van der Waals surface area contributed by atoms with E-state index >= 15 is 0 Å². The first-order chi connectivity index (χ1) is 15.7. The van der Waals surface area contributed by atoms with Gasteiger partial charge in [-0.2, -0.15) is 0 Å². The van der Waals surface area contributed by atoms with E-state index in [4.69, 9.17) is 15.1 Å². The third kappa shape index (κ3) is 24.9. The van der Waals surface area contributed by atoms with E-state index in [9.17, 15) is 9.59 Å². The molecule has 198 valence electrons. The molecular formula is C24H51N3O6. The van der Waals surface area contributed by atoms with Crippen molar-refractivity contribution in [1.29, 1.82) is 0 Å². The number of carbonyl (C=O) groups is 2. The molecule has 0 aromatic rings. The third-order valence-electron chi connectivity index (χ3n) is 5.10. The first-order valence-corrected chi connectivity index (χ1v) is 12.0. The van der Waals surface area contributed by atoms with Crippen molar-refractivity contribution in [2.75, 3.05) is 34.4 Å². The van der Waals surface area contributed by atoms with Crippen LogP contribution in [0.3, 0.4) is 0 Å². The van der Waals surface area contributed by atoms with E-state index in [2.05, 4.69) is 25.6 Å². The molecule has 0 aromatic carbocycles. The Morgan fingerprint density at radius 3 is 2.00 bits per heavy atom. The average Bonchev–Trinajstić information content (AvgIpc) is 2.81. The fraction of sp³-hybridized carbons (Fsp3) is 0.833. The van der Waals surface area contributed by atoms with E-state index in [1.54, 1.807) is 20.4 Å². The van der Waals surface area contributed by atoms with Gasteiger partial charge in [0.2, 0.25) is 6.41 Å². The number of hydrogen-bond donors (Lipinski definition) is 3. The van der Waals surface area contributed by atoms with Gasteiger partial charge in [-0.25, -0.2) is 0 Å². The van der Waals surface area contributed by atoms with Crippen LogP contribution in [0, 0.1) is 5.92 Å². The van der Waals surface area contributed by atoms with Crippen molar-refractivity contribution < 1.29 is 29.5 Å². The molecule has 9 heteroatoms. The zero-order valence-electron chi connectivity index (χ0n) is 22.2. The highest BCUT2D eigenvalue weighted by Crippen LogP contribution is 2.16. The minimum Gasteiger partial charge on any atom is -0.394 e. The molecule has 2 atom stereocenters. The van der Waals surface area contributed by atoms with Gasteiger partial charge in [-0.15, -0.1) is 0 Å². The first kappa shape index (κ1) is 36.1. The minimum absolute atomic E-state index is 0.0377. The second-order valence-electron chi connectivity index (χ2n) is 7.84. The standard InChI is InChI=1S/C11H20N2O4.C9H20.C4H11NO2/c1-9(6-10(7-14)17-3)13(2)5-4-11(16)12-8-15;1-4-7-9(6-3)8-5-2;1-3-4-5(6)7-2/h4-5,8-10,14H,6-7H2,1-3H3,(H,12,15,16);9H,4-8H2,1-3H3;6H,3-4H2,1-2H3/b5-4-;;. The highest BCUT2D eigenvalue weighted by Gasteiger charge is 2.13. The number of methoxy groups -OCH3 is 1. The number of aliphatic hydroxyl groups excluding tert-OH is 1. The topological polar surface area (TPSA) is 112 Å².